The SMILES string of the molecule is OC(CNCc1ccn[nH]1)C1CC1. The molecule has 1 aromatic rings. The van der Waals surface area contributed by atoms with Crippen molar-refractivity contribution in [1.82, 2.24) is 15.5 Å². The topological polar surface area (TPSA) is 60.9 Å². The Kier molecular flexibility index (Phi) is 2.61. The number of hydrogen-bond donors (Lipinski definition) is 3. The van der Waals surface area contributed by atoms with Crippen molar-refractivity contribution >= 4 is 0 Å². The molecule has 0 bridgehead atoms. The Morgan fingerprint density at radius 3 is 3.15 bits per heavy atom. The second-order valence-corrected chi connectivity index (χ2v) is 3.62. The summed E-state index contributed by atoms with van der Waals surface area (Å²) in [5, 5.41) is 19.4. The Morgan fingerprint density at radius 2 is 2.54 bits per heavy atom. The molecule has 1 heterocycles. The highest BCUT2D eigenvalue weighted by Crippen LogP contribution is 2.32. The first-order valence-corrected chi connectivity index (χ1v) is 4.73. The zero-order valence-electron chi connectivity index (χ0n) is 7.53. The molecule has 1 aliphatic rings. The van der Waals surface area contributed by atoms with Crippen molar-refractivity contribution in [2.45, 2.75) is 25.5 Å². The van der Waals surface area contributed by atoms with Gasteiger partial charge in [0.25, 0.3) is 0 Å². The predicted molar refractivity (Wildman–Crippen MR) is 49.0 cm³/mol. The third-order valence-corrected chi connectivity index (χ3v) is 2.39. The number of aromatic amines is 1. The van der Waals surface area contributed by atoms with E-state index in [9.17, 15) is 5.11 Å². The number of hydrogen-bond acceptors (Lipinski definition) is 3. The molecule has 1 aliphatic carbocycles. The van der Waals surface area contributed by atoms with Gasteiger partial charge in [0.2, 0.25) is 0 Å². The van der Waals surface area contributed by atoms with E-state index in [1.54, 1.807) is 6.20 Å². The van der Waals surface area contributed by atoms with Crippen molar-refractivity contribution in [3.8, 4) is 0 Å². The normalized spacial score (nSPS) is 18.8. The van der Waals surface area contributed by atoms with E-state index in [1.165, 1.54) is 12.8 Å². The van der Waals surface area contributed by atoms with Gasteiger partial charge in [-0.15, -0.1) is 0 Å². The number of H-pyrrole nitrogens is 1. The molecule has 0 aromatic carbocycles. The zero-order chi connectivity index (χ0) is 9.10. The standard InChI is InChI=1S/C9H15N3O/c13-9(7-1-2-7)6-10-5-8-3-4-11-12-8/h3-4,7,9-10,13H,1-2,5-6H2,(H,11,12). The van der Waals surface area contributed by atoms with E-state index in [2.05, 4.69) is 15.5 Å². The lowest BCUT2D eigenvalue weighted by molar-refractivity contribution is 0.148. The van der Waals surface area contributed by atoms with Crippen LogP contribution < -0.4 is 5.32 Å². The van der Waals surface area contributed by atoms with Crippen LogP contribution in [0.2, 0.25) is 0 Å². The van der Waals surface area contributed by atoms with Crippen LogP contribution in [0.15, 0.2) is 12.3 Å². The fraction of sp³-hybridized carbons (Fsp3) is 0.667. The van der Waals surface area contributed by atoms with Crippen molar-refractivity contribution in [3.05, 3.63) is 18.0 Å². The first-order valence-electron chi connectivity index (χ1n) is 4.73. The average molecular weight is 181 g/mol. The van der Waals surface area contributed by atoms with Gasteiger partial charge >= 0.3 is 0 Å². The van der Waals surface area contributed by atoms with Crippen LogP contribution in [0.25, 0.3) is 0 Å². The Hall–Kier alpha value is -0.870. The van der Waals surface area contributed by atoms with Gasteiger partial charge < -0.3 is 10.4 Å². The first-order chi connectivity index (χ1) is 6.36. The van der Waals surface area contributed by atoms with Crippen molar-refractivity contribution in [2.75, 3.05) is 6.54 Å². The second-order valence-electron chi connectivity index (χ2n) is 3.62. The van der Waals surface area contributed by atoms with E-state index in [0.717, 1.165) is 12.2 Å². The maximum atomic E-state index is 9.53. The van der Waals surface area contributed by atoms with Gasteiger partial charge in [-0.05, 0) is 24.8 Å². The Bertz CT molecular complexity index is 243. The van der Waals surface area contributed by atoms with Crippen LogP contribution in [0.1, 0.15) is 18.5 Å². The first kappa shape index (κ1) is 8.72. The molecule has 72 valence electrons. The minimum Gasteiger partial charge on any atom is -0.392 e. The third kappa shape index (κ3) is 2.54. The summed E-state index contributed by atoms with van der Waals surface area (Å²) < 4.78 is 0. The molecule has 0 spiro atoms. The van der Waals surface area contributed by atoms with E-state index >= 15 is 0 Å². The van der Waals surface area contributed by atoms with Gasteiger partial charge in [0, 0.05) is 25.0 Å². The van der Waals surface area contributed by atoms with Gasteiger partial charge in [0.05, 0.1) is 6.10 Å². The van der Waals surface area contributed by atoms with Crippen LogP contribution in [0.5, 0.6) is 0 Å². The fourth-order valence-electron chi connectivity index (χ4n) is 1.39. The summed E-state index contributed by atoms with van der Waals surface area (Å²) in [7, 11) is 0. The summed E-state index contributed by atoms with van der Waals surface area (Å²) >= 11 is 0. The lowest BCUT2D eigenvalue weighted by atomic mass is 10.2. The minimum atomic E-state index is -0.164. The van der Waals surface area contributed by atoms with Gasteiger partial charge in [0.1, 0.15) is 0 Å². The molecule has 13 heavy (non-hydrogen) atoms. The molecule has 2 rings (SSSR count). The summed E-state index contributed by atoms with van der Waals surface area (Å²) in [6.45, 7) is 1.44. The smallest absolute Gasteiger partial charge is 0.0692 e. The second kappa shape index (κ2) is 3.89. The maximum Gasteiger partial charge on any atom is 0.0692 e. The van der Waals surface area contributed by atoms with Crippen LogP contribution >= 0.6 is 0 Å². The van der Waals surface area contributed by atoms with E-state index < -0.39 is 0 Å². The van der Waals surface area contributed by atoms with Gasteiger partial charge in [-0.2, -0.15) is 5.10 Å². The molecule has 1 unspecified atom stereocenters. The highest BCUT2D eigenvalue weighted by Gasteiger charge is 2.28. The molecule has 1 fully saturated rings. The van der Waals surface area contributed by atoms with Gasteiger partial charge in [-0.1, -0.05) is 0 Å². The summed E-state index contributed by atoms with van der Waals surface area (Å²) in [4.78, 5) is 0. The molecule has 1 atom stereocenters. The molecule has 0 amide bonds. The van der Waals surface area contributed by atoms with Crippen molar-refractivity contribution < 1.29 is 5.11 Å². The van der Waals surface area contributed by atoms with E-state index in [0.29, 0.717) is 12.5 Å². The molecular weight excluding hydrogens is 166 g/mol. The van der Waals surface area contributed by atoms with Crippen molar-refractivity contribution in [1.29, 1.82) is 0 Å². The lowest BCUT2D eigenvalue weighted by Crippen LogP contribution is -2.27. The van der Waals surface area contributed by atoms with E-state index in [4.69, 9.17) is 0 Å². The number of nitrogens with zero attached hydrogens (tertiary/aromatic N) is 1. The lowest BCUT2D eigenvalue weighted by Gasteiger charge is -2.09. The third-order valence-electron chi connectivity index (χ3n) is 2.39. The van der Waals surface area contributed by atoms with Gasteiger partial charge in [-0.3, -0.25) is 5.10 Å². The Labute approximate surface area is 77.4 Å². The molecule has 0 aliphatic heterocycles. The predicted octanol–water partition coefficient (Wildman–Crippen LogP) is 0.270. The van der Waals surface area contributed by atoms with Gasteiger partial charge in [0.15, 0.2) is 0 Å². The fourth-order valence-corrected chi connectivity index (χ4v) is 1.39. The average Bonchev–Trinajstić information content (AvgIpc) is 2.86. The van der Waals surface area contributed by atoms with Crippen LogP contribution in [0, 0.1) is 5.92 Å². The van der Waals surface area contributed by atoms with Crippen molar-refractivity contribution in [2.24, 2.45) is 5.92 Å². The highest BCUT2D eigenvalue weighted by molar-refractivity contribution is 4.96. The summed E-state index contributed by atoms with van der Waals surface area (Å²) in [6.07, 6.45) is 3.94. The van der Waals surface area contributed by atoms with Crippen LogP contribution in [0.3, 0.4) is 0 Å². The molecule has 1 aromatic heterocycles. The molecule has 1 saturated carbocycles. The van der Waals surface area contributed by atoms with E-state index in [-0.39, 0.29) is 6.10 Å². The molecule has 0 radical (unpaired) electrons. The summed E-state index contributed by atoms with van der Waals surface area (Å²) in [5.74, 6) is 0.550. The number of nitrogens with one attached hydrogen (secondary N) is 2. The molecule has 0 saturated heterocycles. The van der Waals surface area contributed by atoms with Crippen LogP contribution in [-0.2, 0) is 6.54 Å². The molecular formula is C9H15N3O. The zero-order valence-corrected chi connectivity index (χ0v) is 7.53. The van der Waals surface area contributed by atoms with Crippen LogP contribution in [0.4, 0.5) is 0 Å². The van der Waals surface area contributed by atoms with Crippen LogP contribution in [-0.4, -0.2) is 28.0 Å². The summed E-state index contributed by atoms with van der Waals surface area (Å²) in [6, 6.07) is 1.93. The quantitative estimate of drug-likeness (QED) is 0.611. The molecule has 3 N–H and O–H groups in total. The molecule has 4 heteroatoms. The number of aliphatic hydroxyl groups is 1. The summed E-state index contributed by atoms with van der Waals surface area (Å²) in [5.41, 5.74) is 1.06. The Morgan fingerprint density at radius 1 is 1.69 bits per heavy atom. The van der Waals surface area contributed by atoms with Gasteiger partial charge in [-0.25, -0.2) is 0 Å². The van der Waals surface area contributed by atoms with E-state index in [1.807, 2.05) is 6.07 Å². The monoisotopic (exact) mass is 181 g/mol. The highest BCUT2D eigenvalue weighted by atomic mass is 16.3. The van der Waals surface area contributed by atoms with Crippen molar-refractivity contribution in [3.63, 3.8) is 0 Å². The maximum absolute atomic E-state index is 9.53. The number of aromatic nitrogens is 2. The number of rotatable bonds is 5. The number of aliphatic hydroxyl groups excluding tert-OH is 1. The molecule has 4 nitrogen and oxygen atoms in total. The minimum absolute atomic E-state index is 0.164. The largest absolute Gasteiger partial charge is 0.392 e. The Balaban J connectivity index is 1.63.